The average Bonchev–Trinajstić information content (AvgIpc) is 2.71. The molecule has 0 fully saturated rings. The SMILES string of the molecule is CCCC(C)C(=O)Cc1nc2ccccc2o1. The second-order valence-electron chi connectivity index (χ2n) is 4.41. The molecule has 0 amide bonds. The fourth-order valence-electron chi connectivity index (χ4n) is 1.91. The van der Waals surface area contributed by atoms with Crippen molar-refractivity contribution in [2.24, 2.45) is 5.92 Å². The van der Waals surface area contributed by atoms with Gasteiger partial charge in [-0.25, -0.2) is 4.98 Å². The molecule has 3 heteroatoms. The van der Waals surface area contributed by atoms with Gasteiger partial charge in [0.05, 0.1) is 6.42 Å². The van der Waals surface area contributed by atoms with Crippen molar-refractivity contribution in [3.8, 4) is 0 Å². The number of aromatic nitrogens is 1. The van der Waals surface area contributed by atoms with E-state index in [1.807, 2.05) is 31.2 Å². The Morgan fingerprint density at radius 2 is 2.18 bits per heavy atom. The van der Waals surface area contributed by atoms with Crippen LogP contribution in [0.15, 0.2) is 28.7 Å². The summed E-state index contributed by atoms with van der Waals surface area (Å²) >= 11 is 0. The van der Waals surface area contributed by atoms with Crippen molar-refractivity contribution in [1.82, 2.24) is 4.98 Å². The predicted octanol–water partition coefficient (Wildman–Crippen LogP) is 3.38. The predicted molar refractivity (Wildman–Crippen MR) is 66.8 cm³/mol. The van der Waals surface area contributed by atoms with Crippen LogP contribution in [0.5, 0.6) is 0 Å². The molecular weight excluding hydrogens is 214 g/mol. The van der Waals surface area contributed by atoms with Crippen LogP contribution in [0.2, 0.25) is 0 Å². The molecule has 1 aromatic carbocycles. The smallest absolute Gasteiger partial charge is 0.202 e. The molecule has 0 spiro atoms. The number of benzene rings is 1. The van der Waals surface area contributed by atoms with Gasteiger partial charge in [0.2, 0.25) is 5.89 Å². The first-order chi connectivity index (χ1) is 8.20. The molecule has 0 saturated carbocycles. The Morgan fingerprint density at radius 1 is 1.41 bits per heavy atom. The molecule has 0 radical (unpaired) electrons. The maximum atomic E-state index is 11.9. The number of para-hydroxylation sites is 2. The molecule has 1 heterocycles. The number of nitrogens with zero attached hydrogens (tertiary/aromatic N) is 1. The number of ketones is 1. The molecule has 0 aliphatic heterocycles. The van der Waals surface area contributed by atoms with Crippen LogP contribution in [0.25, 0.3) is 11.1 Å². The summed E-state index contributed by atoms with van der Waals surface area (Å²) < 4.78 is 5.54. The molecule has 0 bridgehead atoms. The highest BCUT2D eigenvalue weighted by atomic mass is 16.3. The van der Waals surface area contributed by atoms with Gasteiger partial charge >= 0.3 is 0 Å². The fourth-order valence-corrected chi connectivity index (χ4v) is 1.91. The molecule has 17 heavy (non-hydrogen) atoms. The number of fused-ring (bicyclic) bond motifs is 1. The second-order valence-corrected chi connectivity index (χ2v) is 4.41. The van der Waals surface area contributed by atoms with Crippen molar-refractivity contribution in [3.63, 3.8) is 0 Å². The molecule has 2 aromatic rings. The number of Topliss-reactive ketones (excluding diaryl/α,β-unsaturated/α-hetero) is 1. The lowest BCUT2D eigenvalue weighted by atomic mass is 9.99. The van der Waals surface area contributed by atoms with Crippen LogP contribution in [-0.4, -0.2) is 10.8 Å². The lowest BCUT2D eigenvalue weighted by Crippen LogP contribution is -2.13. The Bertz CT molecular complexity index is 483. The third kappa shape index (κ3) is 2.73. The van der Waals surface area contributed by atoms with Gasteiger partial charge < -0.3 is 4.42 Å². The summed E-state index contributed by atoms with van der Waals surface area (Å²) in [6.45, 7) is 4.05. The van der Waals surface area contributed by atoms with Crippen LogP contribution in [-0.2, 0) is 11.2 Å². The van der Waals surface area contributed by atoms with E-state index < -0.39 is 0 Å². The summed E-state index contributed by atoms with van der Waals surface area (Å²) in [6.07, 6.45) is 2.26. The standard InChI is InChI=1S/C14H17NO2/c1-3-6-10(2)12(16)9-14-15-11-7-4-5-8-13(11)17-14/h4-5,7-8,10H,3,6,9H2,1-2H3. The zero-order chi connectivity index (χ0) is 12.3. The van der Waals surface area contributed by atoms with Crippen molar-refractivity contribution < 1.29 is 9.21 Å². The van der Waals surface area contributed by atoms with Crippen LogP contribution in [0, 0.1) is 5.92 Å². The molecule has 0 N–H and O–H groups in total. The van der Waals surface area contributed by atoms with E-state index in [0.29, 0.717) is 12.3 Å². The first-order valence-electron chi connectivity index (χ1n) is 6.08. The molecular formula is C14H17NO2. The van der Waals surface area contributed by atoms with Crippen molar-refractivity contribution in [2.75, 3.05) is 0 Å². The number of hydrogen-bond donors (Lipinski definition) is 0. The largest absolute Gasteiger partial charge is 0.440 e. The van der Waals surface area contributed by atoms with Gasteiger partial charge in [0.1, 0.15) is 11.3 Å². The van der Waals surface area contributed by atoms with Crippen LogP contribution in [0.4, 0.5) is 0 Å². The quantitative estimate of drug-likeness (QED) is 0.792. The van der Waals surface area contributed by atoms with Gasteiger partial charge in [-0.05, 0) is 18.6 Å². The molecule has 1 unspecified atom stereocenters. The molecule has 2 rings (SSSR count). The highest BCUT2D eigenvalue weighted by Crippen LogP contribution is 2.17. The number of oxazole rings is 1. The average molecular weight is 231 g/mol. The van der Waals surface area contributed by atoms with E-state index in [2.05, 4.69) is 11.9 Å². The first-order valence-corrected chi connectivity index (χ1v) is 6.08. The third-order valence-electron chi connectivity index (χ3n) is 2.93. The Balaban J connectivity index is 2.10. The van der Waals surface area contributed by atoms with Crippen LogP contribution in [0.3, 0.4) is 0 Å². The minimum atomic E-state index is 0.0926. The Morgan fingerprint density at radius 3 is 2.88 bits per heavy atom. The fraction of sp³-hybridized carbons (Fsp3) is 0.429. The lowest BCUT2D eigenvalue weighted by molar-refractivity contribution is -0.122. The van der Waals surface area contributed by atoms with E-state index in [-0.39, 0.29) is 11.7 Å². The molecule has 90 valence electrons. The van der Waals surface area contributed by atoms with Crippen LogP contribution >= 0.6 is 0 Å². The molecule has 0 aliphatic rings. The Hall–Kier alpha value is -1.64. The Labute approximate surface area is 101 Å². The summed E-state index contributed by atoms with van der Waals surface area (Å²) in [7, 11) is 0. The van der Waals surface area contributed by atoms with Crippen molar-refractivity contribution >= 4 is 16.9 Å². The normalized spacial score (nSPS) is 12.8. The summed E-state index contributed by atoms with van der Waals surface area (Å²) in [4.78, 5) is 16.2. The summed E-state index contributed by atoms with van der Waals surface area (Å²) in [6, 6.07) is 7.57. The van der Waals surface area contributed by atoms with Crippen molar-refractivity contribution in [1.29, 1.82) is 0 Å². The number of carbonyl (C=O) groups excluding carboxylic acids is 1. The summed E-state index contributed by atoms with van der Waals surface area (Å²) in [5.41, 5.74) is 1.57. The number of carbonyl (C=O) groups is 1. The van der Waals surface area contributed by atoms with E-state index in [9.17, 15) is 4.79 Å². The Kier molecular flexibility index (Phi) is 3.57. The molecule has 1 atom stereocenters. The molecule has 3 nitrogen and oxygen atoms in total. The molecule has 1 aromatic heterocycles. The summed E-state index contributed by atoms with van der Waals surface area (Å²) in [5, 5.41) is 0. The first kappa shape index (κ1) is 11.8. The van der Waals surface area contributed by atoms with E-state index >= 15 is 0 Å². The van der Waals surface area contributed by atoms with Gasteiger partial charge in [0.15, 0.2) is 5.58 Å². The molecule has 0 saturated heterocycles. The van der Waals surface area contributed by atoms with Gasteiger partial charge in [-0.1, -0.05) is 32.4 Å². The van der Waals surface area contributed by atoms with E-state index in [1.165, 1.54) is 0 Å². The second kappa shape index (κ2) is 5.13. The summed E-state index contributed by atoms with van der Waals surface area (Å²) in [5.74, 6) is 0.826. The van der Waals surface area contributed by atoms with Crippen molar-refractivity contribution in [3.05, 3.63) is 30.2 Å². The minimum Gasteiger partial charge on any atom is -0.440 e. The van der Waals surface area contributed by atoms with Gasteiger partial charge in [-0.15, -0.1) is 0 Å². The van der Waals surface area contributed by atoms with Crippen LogP contribution < -0.4 is 0 Å². The van der Waals surface area contributed by atoms with Gasteiger partial charge in [-0.2, -0.15) is 0 Å². The molecule has 0 aliphatic carbocycles. The highest BCUT2D eigenvalue weighted by molar-refractivity contribution is 5.83. The zero-order valence-electron chi connectivity index (χ0n) is 10.3. The maximum Gasteiger partial charge on any atom is 0.202 e. The van der Waals surface area contributed by atoms with Crippen LogP contribution in [0.1, 0.15) is 32.6 Å². The zero-order valence-corrected chi connectivity index (χ0v) is 10.3. The van der Waals surface area contributed by atoms with E-state index in [4.69, 9.17) is 4.42 Å². The highest BCUT2D eigenvalue weighted by Gasteiger charge is 2.15. The van der Waals surface area contributed by atoms with Gasteiger partial charge in [0.25, 0.3) is 0 Å². The lowest BCUT2D eigenvalue weighted by Gasteiger charge is -2.06. The van der Waals surface area contributed by atoms with Gasteiger partial charge in [0, 0.05) is 5.92 Å². The third-order valence-corrected chi connectivity index (χ3v) is 2.93. The number of hydrogen-bond acceptors (Lipinski definition) is 3. The van der Waals surface area contributed by atoms with E-state index in [0.717, 1.165) is 23.9 Å². The topological polar surface area (TPSA) is 43.1 Å². The monoisotopic (exact) mass is 231 g/mol. The van der Waals surface area contributed by atoms with Gasteiger partial charge in [-0.3, -0.25) is 4.79 Å². The van der Waals surface area contributed by atoms with E-state index in [1.54, 1.807) is 0 Å². The maximum absolute atomic E-state index is 11.9. The van der Waals surface area contributed by atoms with Crippen molar-refractivity contribution in [2.45, 2.75) is 33.1 Å². The minimum absolute atomic E-state index is 0.0926. The number of rotatable bonds is 5.